The van der Waals surface area contributed by atoms with E-state index in [1.807, 2.05) is 0 Å². The van der Waals surface area contributed by atoms with Crippen LogP contribution < -0.4 is 10.6 Å². The van der Waals surface area contributed by atoms with Crippen molar-refractivity contribution < 1.29 is 18.0 Å². The number of fused-ring (bicyclic) bond motifs is 2. The summed E-state index contributed by atoms with van der Waals surface area (Å²) < 4.78 is 41.3. The maximum atomic E-state index is 13.4. The molecule has 4 rings (SSSR count). The molecular formula is C19H17F3N4O. The fraction of sp³-hybridized carbons (Fsp3) is 0.263. The molecule has 0 spiro atoms. The van der Waals surface area contributed by atoms with Crippen molar-refractivity contribution >= 4 is 28.3 Å². The summed E-state index contributed by atoms with van der Waals surface area (Å²) in [5, 5.41) is 0. The third-order valence-electron chi connectivity index (χ3n) is 4.79. The molecule has 2 heterocycles. The second kappa shape index (κ2) is 6.29. The van der Waals surface area contributed by atoms with Gasteiger partial charge in [0.1, 0.15) is 6.54 Å². The fourth-order valence-corrected chi connectivity index (χ4v) is 3.58. The van der Waals surface area contributed by atoms with Crippen LogP contribution in [0.25, 0.3) is 11.0 Å². The third kappa shape index (κ3) is 3.01. The van der Waals surface area contributed by atoms with Gasteiger partial charge in [0.05, 0.1) is 11.0 Å². The monoisotopic (exact) mass is 374 g/mol. The first-order valence-corrected chi connectivity index (χ1v) is 8.56. The zero-order chi connectivity index (χ0) is 19.2. The normalized spacial score (nSPS) is 14.4. The number of alkyl halides is 3. The number of aromatic nitrogens is 2. The molecule has 0 atom stereocenters. The van der Waals surface area contributed by atoms with Crippen molar-refractivity contribution in [2.24, 2.45) is 0 Å². The van der Waals surface area contributed by atoms with Crippen LogP contribution in [0, 0.1) is 0 Å². The molecule has 3 aromatic rings. The molecule has 1 amide bonds. The largest absolute Gasteiger partial charge is 0.449 e. The lowest BCUT2D eigenvalue weighted by molar-refractivity contribution is -0.147. The summed E-state index contributed by atoms with van der Waals surface area (Å²) in [5.41, 5.74) is 8.61. The first-order valence-electron chi connectivity index (χ1n) is 8.56. The molecule has 8 heteroatoms. The predicted molar refractivity (Wildman–Crippen MR) is 96.3 cm³/mol. The van der Waals surface area contributed by atoms with Crippen LogP contribution in [0.3, 0.4) is 0 Å². The summed E-state index contributed by atoms with van der Waals surface area (Å²) in [6.45, 7) is 0.00681. The summed E-state index contributed by atoms with van der Waals surface area (Å²) in [5.74, 6) is -1.49. The van der Waals surface area contributed by atoms with Gasteiger partial charge in [0.25, 0.3) is 0 Å². The number of amides is 1. The molecule has 27 heavy (non-hydrogen) atoms. The van der Waals surface area contributed by atoms with Gasteiger partial charge in [0.2, 0.25) is 11.7 Å². The molecule has 0 aliphatic carbocycles. The van der Waals surface area contributed by atoms with Gasteiger partial charge < -0.3 is 15.2 Å². The minimum Gasteiger partial charge on any atom is -0.398 e. The highest BCUT2D eigenvalue weighted by Gasteiger charge is 2.38. The molecule has 2 N–H and O–H groups in total. The number of halogens is 3. The van der Waals surface area contributed by atoms with Crippen LogP contribution in [-0.2, 0) is 23.9 Å². The minimum absolute atomic E-state index is 0.209. The van der Waals surface area contributed by atoms with Gasteiger partial charge in [-0.2, -0.15) is 13.2 Å². The lowest BCUT2D eigenvalue weighted by atomic mass is 10.00. The molecule has 1 aliphatic heterocycles. The van der Waals surface area contributed by atoms with E-state index in [9.17, 15) is 18.0 Å². The van der Waals surface area contributed by atoms with Crippen molar-refractivity contribution in [1.82, 2.24) is 9.55 Å². The summed E-state index contributed by atoms with van der Waals surface area (Å²) in [6.07, 6.45) is -3.19. The number of anilines is 2. The Kier molecular flexibility index (Phi) is 4.05. The van der Waals surface area contributed by atoms with E-state index in [4.69, 9.17) is 5.73 Å². The lowest BCUT2D eigenvalue weighted by Gasteiger charge is -2.30. The van der Waals surface area contributed by atoms with Crippen LogP contribution in [0.15, 0.2) is 42.5 Å². The van der Waals surface area contributed by atoms with Gasteiger partial charge in [-0.3, -0.25) is 4.79 Å². The third-order valence-corrected chi connectivity index (χ3v) is 4.79. The highest BCUT2D eigenvalue weighted by atomic mass is 19.4. The van der Waals surface area contributed by atoms with Crippen molar-refractivity contribution in [2.45, 2.75) is 25.6 Å². The molecular weight excluding hydrogens is 357 g/mol. The average molecular weight is 374 g/mol. The van der Waals surface area contributed by atoms with E-state index in [1.165, 1.54) is 17.0 Å². The van der Waals surface area contributed by atoms with E-state index in [-0.39, 0.29) is 11.0 Å². The molecule has 5 nitrogen and oxygen atoms in total. The molecule has 0 radical (unpaired) electrons. The highest BCUT2D eigenvalue weighted by molar-refractivity contribution is 5.96. The Balaban J connectivity index is 1.74. The number of imidazole rings is 1. The number of rotatable bonds is 2. The van der Waals surface area contributed by atoms with Crippen molar-refractivity contribution in [3.63, 3.8) is 0 Å². The first-order chi connectivity index (χ1) is 12.9. The second-order valence-electron chi connectivity index (χ2n) is 6.50. The molecule has 0 unspecified atom stereocenters. The summed E-state index contributed by atoms with van der Waals surface area (Å²) in [6, 6.07) is 11.6. The summed E-state index contributed by atoms with van der Waals surface area (Å²) in [4.78, 5) is 18.1. The van der Waals surface area contributed by atoms with Crippen molar-refractivity contribution in [3.05, 3.63) is 53.9 Å². The number of hydrogen-bond acceptors (Lipinski definition) is 3. The van der Waals surface area contributed by atoms with Gasteiger partial charge >= 0.3 is 6.18 Å². The van der Waals surface area contributed by atoms with Gasteiger partial charge in [-0.05, 0) is 42.7 Å². The highest BCUT2D eigenvalue weighted by Crippen LogP contribution is 2.34. The summed E-state index contributed by atoms with van der Waals surface area (Å²) >= 11 is 0. The number of nitrogens with zero attached hydrogens (tertiary/aromatic N) is 3. The van der Waals surface area contributed by atoms with Gasteiger partial charge in [0.15, 0.2) is 0 Å². The number of carbonyl (C=O) groups is 1. The van der Waals surface area contributed by atoms with E-state index < -0.39 is 24.5 Å². The Hall–Kier alpha value is -3.03. The Morgan fingerprint density at radius 1 is 1.15 bits per heavy atom. The van der Waals surface area contributed by atoms with Crippen molar-refractivity contribution in [2.75, 3.05) is 17.2 Å². The van der Waals surface area contributed by atoms with Gasteiger partial charge in [-0.1, -0.05) is 18.2 Å². The lowest BCUT2D eigenvalue weighted by Crippen LogP contribution is -2.38. The van der Waals surface area contributed by atoms with E-state index in [0.717, 1.165) is 16.6 Å². The number of hydrogen-bond donors (Lipinski definition) is 1. The Morgan fingerprint density at radius 3 is 2.70 bits per heavy atom. The quantitative estimate of drug-likeness (QED) is 0.697. The molecule has 140 valence electrons. The average Bonchev–Trinajstić information content (AvgIpc) is 3.01. The number of benzene rings is 2. The van der Waals surface area contributed by atoms with Crippen molar-refractivity contribution in [3.8, 4) is 0 Å². The standard InChI is InChI=1S/C19H17F3N4O/c20-19(21,22)18-24-14-7-1-2-8-16(14)26(18)11-17(27)25-10-4-5-12-13(23)6-3-9-15(12)25/h1-3,6-9H,4-5,10-11,23H2. The minimum atomic E-state index is -4.65. The van der Waals surface area contributed by atoms with E-state index in [2.05, 4.69) is 4.98 Å². The topological polar surface area (TPSA) is 64.2 Å². The van der Waals surface area contributed by atoms with Gasteiger partial charge in [-0.15, -0.1) is 0 Å². The molecule has 1 aromatic heterocycles. The zero-order valence-electron chi connectivity index (χ0n) is 14.3. The fourth-order valence-electron chi connectivity index (χ4n) is 3.58. The molecule has 0 saturated carbocycles. The maximum Gasteiger partial charge on any atom is 0.449 e. The number of para-hydroxylation sites is 2. The number of nitrogen functional groups attached to an aromatic ring is 1. The van der Waals surface area contributed by atoms with E-state index >= 15 is 0 Å². The van der Waals surface area contributed by atoms with Crippen LogP contribution in [0.2, 0.25) is 0 Å². The van der Waals surface area contributed by atoms with Gasteiger partial charge in [-0.25, -0.2) is 4.98 Å². The second-order valence-corrected chi connectivity index (χ2v) is 6.50. The number of nitrogens with two attached hydrogens (primary N) is 1. The molecule has 0 fully saturated rings. The van der Waals surface area contributed by atoms with Gasteiger partial charge in [0, 0.05) is 17.9 Å². The smallest absolute Gasteiger partial charge is 0.398 e. The molecule has 0 bridgehead atoms. The molecule has 2 aromatic carbocycles. The maximum absolute atomic E-state index is 13.4. The first kappa shape index (κ1) is 17.4. The van der Waals surface area contributed by atoms with Crippen LogP contribution >= 0.6 is 0 Å². The van der Waals surface area contributed by atoms with Crippen LogP contribution in [-0.4, -0.2) is 22.0 Å². The Bertz CT molecular complexity index is 1030. The van der Waals surface area contributed by atoms with Crippen LogP contribution in [0.1, 0.15) is 17.8 Å². The zero-order valence-corrected chi connectivity index (χ0v) is 14.3. The van der Waals surface area contributed by atoms with Crippen LogP contribution in [0.5, 0.6) is 0 Å². The molecule has 0 saturated heterocycles. The van der Waals surface area contributed by atoms with E-state index in [1.54, 1.807) is 30.3 Å². The number of carbonyl (C=O) groups excluding carboxylic acids is 1. The summed E-state index contributed by atoms with van der Waals surface area (Å²) in [7, 11) is 0. The Morgan fingerprint density at radius 2 is 1.93 bits per heavy atom. The molecule has 1 aliphatic rings. The van der Waals surface area contributed by atoms with Crippen molar-refractivity contribution in [1.29, 1.82) is 0 Å². The Labute approximate surface area is 153 Å². The van der Waals surface area contributed by atoms with Crippen LogP contribution in [0.4, 0.5) is 24.5 Å². The SMILES string of the molecule is Nc1cccc2c1CCCN2C(=O)Cn1c(C(F)(F)F)nc2ccccc21. The predicted octanol–water partition coefficient (Wildman–Crippen LogP) is 3.62. The van der Waals surface area contributed by atoms with E-state index in [0.29, 0.717) is 24.3 Å².